The molecule has 7 nitrogen and oxygen atoms in total. The van der Waals surface area contributed by atoms with Gasteiger partial charge in [-0.3, -0.25) is 14.8 Å². The Labute approximate surface area is 123 Å². The van der Waals surface area contributed by atoms with Gasteiger partial charge < -0.3 is 10.6 Å². The lowest BCUT2D eigenvalue weighted by Gasteiger charge is -2.05. The summed E-state index contributed by atoms with van der Waals surface area (Å²) in [6.45, 7) is 5.06. The molecule has 0 aliphatic rings. The van der Waals surface area contributed by atoms with E-state index in [1.807, 2.05) is 6.92 Å². The van der Waals surface area contributed by atoms with E-state index in [1.165, 1.54) is 0 Å². The van der Waals surface area contributed by atoms with Gasteiger partial charge in [-0.05, 0) is 25.5 Å². The van der Waals surface area contributed by atoms with Crippen LogP contribution < -0.4 is 10.6 Å². The summed E-state index contributed by atoms with van der Waals surface area (Å²) in [5.41, 5.74) is 1.81. The van der Waals surface area contributed by atoms with Gasteiger partial charge in [0, 0.05) is 12.7 Å². The number of carbonyl (C=O) groups excluding carboxylic acids is 1. The monoisotopic (exact) mass is 286 g/mol. The first-order chi connectivity index (χ1) is 10.2. The summed E-state index contributed by atoms with van der Waals surface area (Å²) in [5, 5.41) is 13.7. The summed E-state index contributed by atoms with van der Waals surface area (Å²) in [5.74, 6) is 0.379. The Balaban J connectivity index is 1.89. The predicted octanol–water partition coefficient (Wildman–Crippen LogP) is 1.33. The zero-order valence-corrected chi connectivity index (χ0v) is 12.1. The van der Waals surface area contributed by atoms with Crippen LogP contribution >= 0.6 is 0 Å². The molecule has 1 amide bonds. The van der Waals surface area contributed by atoms with E-state index < -0.39 is 0 Å². The number of nitrogens with zero attached hydrogens (tertiary/aromatic N) is 4. The number of aromatic nitrogens is 4. The van der Waals surface area contributed by atoms with E-state index in [2.05, 4.69) is 37.7 Å². The van der Waals surface area contributed by atoms with Crippen LogP contribution in [0.3, 0.4) is 0 Å². The highest BCUT2D eigenvalue weighted by molar-refractivity contribution is 5.92. The summed E-state index contributed by atoms with van der Waals surface area (Å²) >= 11 is 0. The molecule has 21 heavy (non-hydrogen) atoms. The first-order valence-electron chi connectivity index (χ1n) is 6.82. The van der Waals surface area contributed by atoms with E-state index in [4.69, 9.17) is 0 Å². The van der Waals surface area contributed by atoms with E-state index in [9.17, 15) is 4.79 Å². The van der Waals surface area contributed by atoms with Gasteiger partial charge in [0.2, 0.25) is 0 Å². The van der Waals surface area contributed by atoms with Gasteiger partial charge in [0.05, 0.1) is 24.1 Å². The second kappa shape index (κ2) is 7.28. The van der Waals surface area contributed by atoms with Crippen molar-refractivity contribution < 1.29 is 4.79 Å². The molecular formula is C14H18N6O. The fraction of sp³-hybridized carbons (Fsp3) is 0.357. The lowest BCUT2D eigenvalue weighted by Crippen LogP contribution is -2.24. The maximum atomic E-state index is 11.9. The molecule has 2 N–H and O–H groups in total. The van der Waals surface area contributed by atoms with Gasteiger partial charge >= 0.3 is 0 Å². The van der Waals surface area contributed by atoms with Crippen LogP contribution in [0.4, 0.5) is 5.82 Å². The predicted molar refractivity (Wildman–Crippen MR) is 78.8 cm³/mol. The Bertz CT molecular complexity index is 581. The SMILES string of the molecule is CCCNc1ccc(C(=O)NCc2cnc(C)cn2)nn1. The first-order valence-corrected chi connectivity index (χ1v) is 6.82. The summed E-state index contributed by atoms with van der Waals surface area (Å²) < 4.78 is 0. The molecule has 0 spiro atoms. The van der Waals surface area contributed by atoms with Crippen LogP contribution in [0.25, 0.3) is 0 Å². The fourth-order valence-corrected chi connectivity index (χ4v) is 1.57. The van der Waals surface area contributed by atoms with Crippen molar-refractivity contribution in [2.75, 3.05) is 11.9 Å². The van der Waals surface area contributed by atoms with Crippen LogP contribution in [0.1, 0.15) is 35.2 Å². The third-order valence-electron chi connectivity index (χ3n) is 2.72. The fourth-order valence-electron chi connectivity index (χ4n) is 1.57. The van der Waals surface area contributed by atoms with Crippen molar-refractivity contribution in [1.29, 1.82) is 0 Å². The summed E-state index contributed by atoms with van der Waals surface area (Å²) in [7, 11) is 0. The molecule has 2 heterocycles. The maximum Gasteiger partial charge on any atom is 0.272 e. The van der Waals surface area contributed by atoms with Crippen molar-refractivity contribution in [3.63, 3.8) is 0 Å². The van der Waals surface area contributed by atoms with E-state index in [0.29, 0.717) is 18.1 Å². The molecule has 0 saturated heterocycles. The number of rotatable bonds is 6. The molecule has 0 aliphatic heterocycles. The quantitative estimate of drug-likeness (QED) is 0.832. The molecule has 7 heteroatoms. The molecule has 110 valence electrons. The molecule has 0 saturated carbocycles. The van der Waals surface area contributed by atoms with Crippen molar-refractivity contribution in [1.82, 2.24) is 25.5 Å². The summed E-state index contributed by atoms with van der Waals surface area (Å²) in [6, 6.07) is 3.38. The van der Waals surface area contributed by atoms with E-state index in [0.717, 1.165) is 18.7 Å². The van der Waals surface area contributed by atoms with Crippen molar-refractivity contribution >= 4 is 11.7 Å². The van der Waals surface area contributed by atoms with Crippen molar-refractivity contribution in [3.8, 4) is 0 Å². The van der Waals surface area contributed by atoms with E-state index in [1.54, 1.807) is 24.5 Å². The average Bonchev–Trinajstić information content (AvgIpc) is 2.52. The smallest absolute Gasteiger partial charge is 0.272 e. The van der Waals surface area contributed by atoms with E-state index >= 15 is 0 Å². The minimum atomic E-state index is -0.285. The minimum Gasteiger partial charge on any atom is -0.369 e. The van der Waals surface area contributed by atoms with Gasteiger partial charge in [0.15, 0.2) is 5.69 Å². The topological polar surface area (TPSA) is 92.7 Å². The third kappa shape index (κ3) is 4.48. The molecule has 0 aliphatic carbocycles. The number of hydrogen-bond donors (Lipinski definition) is 2. The standard InChI is InChI=1S/C14H18N6O/c1-3-6-15-13-5-4-12(19-20-13)14(21)18-9-11-8-16-10(2)7-17-11/h4-5,7-8H,3,6,9H2,1-2H3,(H,15,20)(H,18,21). The molecule has 2 rings (SSSR count). The Morgan fingerprint density at radius 3 is 2.67 bits per heavy atom. The molecule has 0 atom stereocenters. The Morgan fingerprint density at radius 1 is 1.19 bits per heavy atom. The van der Waals surface area contributed by atoms with Crippen LogP contribution in [-0.4, -0.2) is 32.6 Å². The van der Waals surface area contributed by atoms with Gasteiger partial charge in [0.25, 0.3) is 5.91 Å². The second-order valence-corrected chi connectivity index (χ2v) is 4.56. The summed E-state index contributed by atoms with van der Waals surface area (Å²) in [6.07, 6.45) is 4.30. The van der Waals surface area contributed by atoms with Crippen LogP contribution in [0.5, 0.6) is 0 Å². The molecule has 2 aromatic rings. The highest BCUT2D eigenvalue weighted by atomic mass is 16.1. The zero-order chi connectivity index (χ0) is 15.1. The lowest BCUT2D eigenvalue weighted by molar-refractivity contribution is 0.0944. The maximum absolute atomic E-state index is 11.9. The zero-order valence-electron chi connectivity index (χ0n) is 12.1. The van der Waals surface area contributed by atoms with Crippen molar-refractivity contribution in [2.24, 2.45) is 0 Å². The average molecular weight is 286 g/mol. The Morgan fingerprint density at radius 2 is 2.05 bits per heavy atom. The van der Waals surface area contributed by atoms with Gasteiger partial charge in [-0.2, -0.15) is 0 Å². The molecule has 0 fully saturated rings. The summed E-state index contributed by atoms with van der Waals surface area (Å²) in [4.78, 5) is 20.2. The minimum absolute atomic E-state index is 0.275. The van der Waals surface area contributed by atoms with Crippen LogP contribution in [0.2, 0.25) is 0 Å². The molecule has 0 bridgehead atoms. The number of anilines is 1. The van der Waals surface area contributed by atoms with Gasteiger partial charge in [0.1, 0.15) is 5.82 Å². The molecular weight excluding hydrogens is 268 g/mol. The molecule has 0 unspecified atom stereocenters. The van der Waals surface area contributed by atoms with E-state index in [-0.39, 0.29) is 11.6 Å². The largest absolute Gasteiger partial charge is 0.369 e. The van der Waals surface area contributed by atoms with Crippen molar-refractivity contribution in [2.45, 2.75) is 26.8 Å². The van der Waals surface area contributed by atoms with Gasteiger partial charge in [-0.15, -0.1) is 10.2 Å². The lowest BCUT2D eigenvalue weighted by atomic mass is 10.3. The molecule has 2 aromatic heterocycles. The highest BCUT2D eigenvalue weighted by Crippen LogP contribution is 2.02. The first kappa shape index (κ1) is 14.8. The van der Waals surface area contributed by atoms with Crippen LogP contribution in [-0.2, 0) is 6.54 Å². The number of nitrogens with one attached hydrogen (secondary N) is 2. The van der Waals surface area contributed by atoms with Gasteiger partial charge in [-0.25, -0.2) is 0 Å². The van der Waals surface area contributed by atoms with Crippen LogP contribution in [0.15, 0.2) is 24.5 Å². The second-order valence-electron chi connectivity index (χ2n) is 4.56. The van der Waals surface area contributed by atoms with Crippen molar-refractivity contribution in [3.05, 3.63) is 41.6 Å². The number of aryl methyl sites for hydroxylation is 1. The molecule has 0 aromatic carbocycles. The van der Waals surface area contributed by atoms with Gasteiger partial charge in [-0.1, -0.05) is 6.92 Å². The Hall–Kier alpha value is -2.57. The highest BCUT2D eigenvalue weighted by Gasteiger charge is 2.08. The Kier molecular flexibility index (Phi) is 5.14. The normalized spacial score (nSPS) is 10.2. The third-order valence-corrected chi connectivity index (χ3v) is 2.72. The number of carbonyl (C=O) groups is 1. The number of amides is 1. The van der Waals surface area contributed by atoms with Crippen LogP contribution in [0, 0.1) is 6.92 Å². The number of hydrogen-bond acceptors (Lipinski definition) is 6. The molecule has 0 radical (unpaired) electrons.